The van der Waals surface area contributed by atoms with E-state index in [4.69, 9.17) is 5.73 Å². The Morgan fingerprint density at radius 1 is 1.52 bits per heavy atom. The van der Waals surface area contributed by atoms with Crippen molar-refractivity contribution >= 4 is 15.9 Å². The van der Waals surface area contributed by atoms with Crippen molar-refractivity contribution in [1.82, 2.24) is 9.62 Å². The van der Waals surface area contributed by atoms with E-state index in [1.807, 2.05) is 0 Å². The van der Waals surface area contributed by atoms with Crippen LogP contribution in [-0.2, 0) is 14.8 Å². The monoisotopic (exact) mass is 315 g/mol. The second-order valence-corrected chi connectivity index (χ2v) is 6.93. The van der Waals surface area contributed by atoms with Crippen LogP contribution in [0.25, 0.3) is 0 Å². The highest BCUT2D eigenvalue weighted by molar-refractivity contribution is 7.89. The third-order valence-corrected chi connectivity index (χ3v) is 5.53. The van der Waals surface area contributed by atoms with E-state index < -0.39 is 28.3 Å². The summed E-state index contributed by atoms with van der Waals surface area (Å²) in [5.74, 6) is -1.37. The standard InChI is InChI=1S/C13H18FN3O3S/c1-9-2-3-10(14)6-12(9)21(19,20)17(8-13(15)18)11-4-5-16-7-11/h2-3,6,11,16H,4-5,7-8H2,1H3,(H2,15,18). The number of halogens is 1. The molecule has 116 valence electrons. The first kappa shape index (κ1) is 15.9. The second-order valence-electron chi connectivity index (χ2n) is 5.07. The SMILES string of the molecule is Cc1ccc(F)cc1S(=O)(=O)N(CC(N)=O)C1CCNC1. The number of nitrogens with one attached hydrogen (secondary N) is 1. The van der Waals surface area contributed by atoms with Crippen molar-refractivity contribution in [2.45, 2.75) is 24.3 Å². The molecule has 0 bridgehead atoms. The fourth-order valence-electron chi connectivity index (χ4n) is 2.43. The van der Waals surface area contributed by atoms with Gasteiger partial charge in [0, 0.05) is 12.6 Å². The topological polar surface area (TPSA) is 92.5 Å². The van der Waals surface area contributed by atoms with Gasteiger partial charge >= 0.3 is 0 Å². The van der Waals surface area contributed by atoms with E-state index in [1.54, 1.807) is 6.92 Å². The Kier molecular flexibility index (Phi) is 4.60. The van der Waals surface area contributed by atoms with Crippen LogP contribution in [0.2, 0.25) is 0 Å². The number of primary amides is 1. The van der Waals surface area contributed by atoms with Crippen LogP contribution in [-0.4, -0.2) is 44.3 Å². The quantitative estimate of drug-likeness (QED) is 0.798. The molecule has 0 radical (unpaired) electrons. The van der Waals surface area contributed by atoms with Crippen molar-refractivity contribution in [3.05, 3.63) is 29.6 Å². The lowest BCUT2D eigenvalue weighted by Gasteiger charge is -2.27. The van der Waals surface area contributed by atoms with Crippen LogP contribution in [0.3, 0.4) is 0 Å². The summed E-state index contributed by atoms with van der Waals surface area (Å²) in [6.45, 7) is 2.28. The molecule has 1 fully saturated rings. The number of carbonyl (C=O) groups is 1. The molecule has 3 N–H and O–H groups in total. The van der Waals surface area contributed by atoms with E-state index in [1.165, 1.54) is 12.1 Å². The Hall–Kier alpha value is -1.51. The van der Waals surface area contributed by atoms with Gasteiger partial charge in [0.15, 0.2) is 0 Å². The van der Waals surface area contributed by atoms with Crippen molar-refractivity contribution in [3.63, 3.8) is 0 Å². The Balaban J connectivity index is 2.45. The zero-order valence-corrected chi connectivity index (χ0v) is 12.5. The molecule has 1 unspecified atom stereocenters. The summed E-state index contributed by atoms with van der Waals surface area (Å²) >= 11 is 0. The van der Waals surface area contributed by atoms with Gasteiger partial charge in [0.1, 0.15) is 5.82 Å². The smallest absolute Gasteiger partial charge is 0.244 e. The number of nitrogens with zero attached hydrogens (tertiary/aromatic N) is 1. The third kappa shape index (κ3) is 3.39. The maximum atomic E-state index is 13.4. The van der Waals surface area contributed by atoms with E-state index in [0.717, 1.165) is 10.4 Å². The van der Waals surface area contributed by atoms with Gasteiger partial charge in [0.25, 0.3) is 0 Å². The fourth-order valence-corrected chi connectivity index (χ4v) is 4.29. The van der Waals surface area contributed by atoms with Gasteiger partial charge in [-0.15, -0.1) is 0 Å². The second kappa shape index (κ2) is 6.08. The molecule has 21 heavy (non-hydrogen) atoms. The fraction of sp³-hybridized carbons (Fsp3) is 0.462. The normalized spacial score (nSPS) is 19.1. The highest BCUT2D eigenvalue weighted by atomic mass is 32.2. The highest BCUT2D eigenvalue weighted by Gasteiger charge is 2.35. The van der Waals surface area contributed by atoms with Gasteiger partial charge in [-0.05, 0) is 37.6 Å². The van der Waals surface area contributed by atoms with Crippen molar-refractivity contribution in [2.24, 2.45) is 5.73 Å². The number of carbonyl (C=O) groups excluding carboxylic acids is 1. The molecule has 1 aliphatic rings. The number of benzene rings is 1. The average Bonchev–Trinajstić information content (AvgIpc) is 2.92. The Morgan fingerprint density at radius 3 is 2.81 bits per heavy atom. The predicted molar refractivity (Wildman–Crippen MR) is 75.5 cm³/mol. The van der Waals surface area contributed by atoms with E-state index in [2.05, 4.69) is 5.32 Å². The summed E-state index contributed by atoms with van der Waals surface area (Å²) in [5.41, 5.74) is 5.59. The van der Waals surface area contributed by atoms with Crippen molar-refractivity contribution in [3.8, 4) is 0 Å². The molecule has 1 heterocycles. The number of hydrogen-bond acceptors (Lipinski definition) is 4. The zero-order valence-electron chi connectivity index (χ0n) is 11.7. The molecule has 2 rings (SSSR count). The molecule has 1 aromatic carbocycles. The van der Waals surface area contributed by atoms with Gasteiger partial charge in [0.2, 0.25) is 15.9 Å². The maximum Gasteiger partial charge on any atom is 0.244 e. The average molecular weight is 315 g/mol. The number of aryl methyl sites for hydroxylation is 1. The van der Waals surface area contributed by atoms with Gasteiger partial charge in [-0.1, -0.05) is 6.07 Å². The third-order valence-electron chi connectivity index (χ3n) is 3.49. The lowest BCUT2D eigenvalue weighted by Crippen LogP contribution is -2.46. The Morgan fingerprint density at radius 2 is 2.24 bits per heavy atom. The van der Waals surface area contributed by atoms with Crippen LogP contribution in [0.5, 0.6) is 0 Å². The van der Waals surface area contributed by atoms with Crippen LogP contribution in [0.4, 0.5) is 4.39 Å². The van der Waals surface area contributed by atoms with Gasteiger partial charge in [-0.2, -0.15) is 4.31 Å². The molecule has 1 aliphatic heterocycles. The molecule has 0 aliphatic carbocycles. The van der Waals surface area contributed by atoms with Crippen molar-refractivity contribution in [1.29, 1.82) is 0 Å². The molecule has 6 nitrogen and oxygen atoms in total. The van der Waals surface area contributed by atoms with Gasteiger partial charge < -0.3 is 11.1 Å². The molecular formula is C13H18FN3O3S. The zero-order chi connectivity index (χ0) is 15.6. The molecule has 1 aromatic rings. The number of amides is 1. The molecule has 0 saturated carbocycles. The summed E-state index contributed by atoms with van der Waals surface area (Å²) in [6.07, 6.45) is 0.584. The molecule has 1 atom stereocenters. The van der Waals surface area contributed by atoms with Crippen LogP contribution in [0.1, 0.15) is 12.0 Å². The molecule has 0 spiro atoms. The lowest BCUT2D eigenvalue weighted by atomic mass is 10.2. The van der Waals surface area contributed by atoms with Crippen LogP contribution in [0.15, 0.2) is 23.1 Å². The van der Waals surface area contributed by atoms with E-state index in [0.29, 0.717) is 25.1 Å². The largest absolute Gasteiger partial charge is 0.369 e. The first-order valence-electron chi connectivity index (χ1n) is 6.59. The lowest BCUT2D eigenvalue weighted by molar-refractivity contribution is -0.118. The number of rotatable bonds is 5. The van der Waals surface area contributed by atoms with Crippen molar-refractivity contribution in [2.75, 3.05) is 19.6 Å². The van der Waals surface area contributed by atoms with Gasteiger partial charge in [0.05, 0.1) is 11.4 Å². The minimum absolute atomic E-state index is 0.129. The van der Waals surface area contributed by atoms with Gasteiger partial charge in [-0.25, -0.2) is 12.8 Å². The number of sulfonamides is 1. The molecule has 8 heteroatoms. The number of nitrogens with two attached hydrogens (primary N) is 1. The minimum Gasteiger partial charge on any atom is -0.369 e. The maximum absolute atomic E-state index is 13.4. The Bertz CT molecular complexity index is 642. The predicted octanol–water partition coefficient (Wildman–Crippen LogP) is -0.0280. The van der Waals surface area contributed by atoms with E-state index >= 15 is 0 Å². The van der Waals surface area contributed by atoms with E-state index in [-0.39, 0.29) is 10.9 Å². The first-order valence-corrected chi connectivity index (χ1v) is 8.03. The van der Waals surface area contributed by atoms with Crippen LogP contribution in [0, 0.1) is 12.7 Å². The molecule has 0 aromatic heterocycles. The molecule has 1 saturated heterocycles. The summed E-state index contributed by atoms with van der Waals surface area (Å²) in [5, 5.41) is 3.04. The first-order chi connectivity index (χ1) is 9.82. The van der Waals surface area contributed by atoms with Gasteiger partial charge in [-0.3, -0.25) is 4.79 Å². The van der Waals surface area contributed by atoms with Crippen LogP contribution >= 0.6 is 0 Å². The molecular weight excluding hydrogens is 297 g/mol. The minimum atomic E-state index is -3.98. The van der Waals surface area contributed by atoms with Crippen LogP contribution < -0.4 is 11.1 Å². The highest BCUT2D eigenvalue weighted by Crippen LogP contribution is 2.24. The van der Waals surface area contributed by atoms with E-state index in [9.17, 15) is 17.6 Å². The molecule has 1 amide bonds. The van der Waals surface area contributed by atoms with Crippen molar-refractivity contribution < 1.29 is 17.6 Å². The summed E-state index contributed by atoms with van der Waals surface area (Å²) in [4.78, 5) is 11.1. The number of hydrogen-bond donors (Lipinski definition) is 2. The summed E-state index contributed by atoms with van der Waals surface area (Å²) in [6, 6.07) is 3.22. The summed E-state index contributed by atoms with van der Waals surface area (Å²) in [7, 11) is -3.98. The Labute approximate surface area is 123 Å². The summed E-state index contributed by atoms with van der Waals surface area (Å²) < 4.78 is 40.0.